The summed E-state index contributed by atoms with van der Waals surface area (Å²) in [5.41, 5.74) is -0.651. The number of alkyl halides is 3. The van der Waals surface area contributed by atoms with Gasteiger partial charge in [0, 0.05) is 37.7 Å². The SMILES string of the molecule is COC(=O)/N=C1\NCCN1Cc1sc2c(c1C)c(=O)n([C@H]1C[C@H](OC)C1)c(=O)n2CCC(F)(F)F. The maximum Gasteiger partial charge on any atom is 0.436 e. The Morgan fingerprint density at radius 2 is 1.97 bits per heavy atom. The van der Waals surface area contributed by atoms with Gasteiger partial charge >= 0.3 is 18.0 Å². The van der Waals surface area contributed by atoms with E-state index in [4.69, 9.17) is 4.74 Å². The Bertz CT molecular complexity index is 1280. The summed E-state index contributed by atoms with van der Waals surface area (Å²) in [5, 5.41) is 3.23. The molecule has 1 aliphatic carbocycles. The van der Waals surface area contributed by atoms with Gasteiger partial charge in [-0.25, -0.2) is 9.59 Å². The smallest absolute Gasteiger partial charge is 0.436 e. The van der Waals surface area contributed by atoms with E-state index in [0.29, 0.717) is 42.3 Å². The van der Waals surface area contributed by atoms with Crippen LogP contribution in [0, 0.1) is 6.92 Å². The zero-order chi connectivity index (χ0) is 25.5. The molecule has 1 saturated heterocycles. The first-order valence-corrected chi connectivity index (χ1v) is 11.9. The van der Waals surface area contributed by atoms with Crippen molar-refractivity contribution in [3.8, 4) is 0 Å². The molecule has 0 bridgehead atoms. The molecule has 1 N–H and O–H groups in total. The number of thiophene rings is 1. The third-order valence-electron chi connectivity index (χ3n) is 6.40. The Balaban J connectivity index is 1.79. The fourth-order valence-corrected chi connectivity index (χ4v) is 5.68. The molecule has 2 aliphatic rings. The van der Waals surface area contributed by atoms with Crippen LogP contribution in [0.1, 0.15) is 35.7 Å². The van der Waals surface area contributed by atoms with Crippen molar-refractivity contribution in [2.45, 2.75) is 57.6 Å². The number of hydrogen-bond donors (Lipinski definition) is 1. The number of amides is 1. The van der Waals surface area contributed by atoms with Crippen LogP contribution in [0.2, 0.25) is 0 Å². The number of guanidine groups is 1. The fourth-order valence-electron chi connectivity index (χ4n) is 4.35. The van der Waals surface area contributed by atoms with Crippen molar-refractivity contribution in [3.05, 3.63) is 31.3 Å². The molecular formula is C21H26F3N5O5S. The number of aliphatic imine (C=N–C) groups is 1. The number of nitrogens with zero attached hydrogens (tertiary/aromatic N) is 4. The first kappa shape index (κ1) is 25.2. The Labute approximate surface area is 201 Å². The first-order chi connectivity index (χ1) is 16.5. The Kier molecular flexibility index (Phi) is 6.95. The number of aryl methyl sites for hydroxylation is 2. The molecule has 2 fully saturated rings. The quantitative estimate of drug-likeness (QED) is 0.627. The number of ether oxygens (including phenoxy) is 2. The highest BCUT2D eigenvalue weighted by molar-refractivity contribution is 7.18. The maximum absolute atomic E-state index is 13.4. The van der Waals surface area contributed by atoms with Crippen molar-refractivity contribution >= 4 is 33.6 Å². The molecule has 0 atom stereocenters. The molecule has 0 unspecified atom stereocenters. The van der Waals surface area contributed by atoms with Crippen molar-refractivity contribution in [1.82, 2.24) is 19.4 Å². The van der Waals surface area contributed by atoms with E-state index in [1.165, 1.54) is 14.2 Å². The molecule has 10 nitrogen and oxygen atoms in total. The third-order valence-corrected chi connectivity index (χ3v) is 7.70. The number of rotatable bonds is 6. The molecule has 0 aromatic carbocycles. The minimum Gasteiger partial charge on any atom is -0.451 e. The van der Waals surface area contributed by atoms with Crippen molar-refractivity contribution < 1.29 is 27.4 Å². The predicted molar refractivity (Wildman–Crippen MR) is 123 cm³/mol. The van der Waals surface area contributed by atoms with Crippen LogP contribution in [-0.4, -0.2) is 65.7 Å². The van der Waals surface area contributed by atoms with E-state index < -0.39 is 42.5 Å². The van der Waals surface area contributed by atoms with Gasteiger partial charge in [-0.3, -0.25) is 13.9 Å². The highest BCUT2D eigenvalue weighted by Crippen LogP contribution is 2.35. The summed E-state index contributed by atoms with van der Waals surface area (Å²) in [5.74, 6) is 0.306. The summed E-state index contributed by atoms with van der Waals surface area (Å²) in [6, 6.07) is -0.425. The average Bonchev–Trinajstić information content (AvgIpc) is 3.33. The van der Waals surface area contributed by atoms with E-state index in [-0.39, 0.29) is 22.9 Å². The molecule has 2 aromatic rings. The number of fused-ring (bicyclic) bond motifs is 1. The monoisotopic (exact) mass is 517 g/mol. The minimum absolute atomic E-state index is 0.0973. The summed E-state index contributed by atoms with van der Waals surface area (Å²) in [7, 11) is 2.75. The van der Waals surface area contributed by atoms with E-state index in [1.807, 2.05) is 0 Å². The summed E-state index contributed by atoms with van der Waals surface area (Å²) < 4.78 is 51.1. The molecule has 1 amide bonds. The van der Waals surface area contributed by atoms with Crippen LogP contribution < -0.4 is 16.6 Å². The van der Waals surface area contributed by atoms with Crippen LogP contribution in [0.4, 0.5) is 18.0 Å². The second-order valence-electron chi connectivity index (χ2n) is 8.54. The molecular weight excluding hydrogens is 491 g/mol. The van der Waals surface area contributed by atoms with Gasteiger partial charge in [0.1, 0.15) is 4.83 Å². The lowest BCUT2D eigenvalue weighted by molar-refractivity contribution is -0.136. The standard InChI is InChI=1S/C21H26F3N5O5S/c1-11-14(10-27-7-5-25-18(27)26-19(31)34-3)35-17-15(11)16(30)29(12-8-13(9-12)33-2)20(32)28(17)6-4-21(22,23)24/h12-13H,4-10H2,1-3H3,(H,25,26,31)/t12-,13-. The molecule has 4 rings (SSSR count). The van der Waals surface area contributed by atoms with Gasteiger partial charge in [0.15, 0.2) is 0 Å². The largest absolute Gasteiger partial charge is 0.451 e. The lowest BCUT2D eigenvalue weighted by Crippen LogP contribution is -2.47. The van der Waals surface area contributed by atoms with Crippen molar-refractivity contribution in [1.29, 1.82) is 0 Å². The summed E-state index contributed by atoms with van der Waals surface area (Å²) in [6.45, 7) is 2.45. The second-order valence-corrected chi connectivity index (χ2v) is 9.63. The maximum atomic E-state index is 13.4. The molecule has 14 heteroatoms. The Morgan fingerprint density at radius 1 is 1.26 bits per heavy atom. The summed E-state index contributed by atoms with van der Waals surface area (Å²) in [4.78, 5) is 44.8. The molecule has 0 radical (unpaired) electrons. The van der Waals surface area contributed by atoms with E-state index in [1.54, 1.807) is 11.8 Å². The molecule has 3 heterocycles. The number of hydrogen-bond acceptors (Lipinski definition) is 6. The summed E-state index contributed by atoms with van der Waals surface area (Å²) in [6.07, 6.45) is -5.63. The van der Waals surface area contributed by atoms with Gasteiger partial charge in [-0.05, 0) is 25.3 Å². The number of aromatic nitrogens is 2. The Hall–Kier alpha value is -2.87. The van der Waals surface area contributed by atoms with Gasteiger partial charge in [0.25, 0.3) is 5.56 Å². The van der Waals surface area contributed by atoms with E-state index in [2.05, 4.69) is 15.0 Å². The van der Waals surface area contributed by atoms with Gasteiger partial charge in [-0.2, -0.15) is 13.2 Å². The van der Waals surface area contributed by atoms with Crippen LogP contribution in [0.5, 0.6) is 0 Å². The third kappa shape index (κ3) is 4.94. The van der Waals surface area contributed by atoms with E-state index in [0.717, 1.165) is 20.5 Å². The lowest BCUT2D eigenvalue weighted by atomic mass is 9.89. The van der Waals surface area contributed by atoms with Gasteiger partial charge < -0.3 is 19.7 Å². The van der Waals surface area contributed by atoms with Gasteiger partial charge in [-0.1, -0.05) is 0 Å². The summed E-state index contributed by atoms with van der Waals surface area (Å²) >= 11 is 1.11. The number of carbonyl (C=O) groups excluding carboxylic acids is 1. The van der Waals surface area contributed by atoms with Crippen LogP contribution >= 0.6 is 11.3 Å². The molecule has 35 heavy (non-hydrogen) atoms. The average molecular weight is 518 g/mol. The normalized spacial score (nSPS) is 21.4. The number of nitrogens with one attached hydrogen (secondary N) is 1. The van der Waals surface area contributed by atoms with E-state index in [9.17, 15) is 27.6 Å². The number of methoxy groups -OCH3 is 2. The van der Waals surface area contributed by atoms with Gasteiger partial charge in [-0.15, -0.1) is 16.3 Å². The van der Waals surface area contributed by atoms with Crippen LogP contribution in [0.15, 0.2) is 14.6 Å². The highest BCUT2D eigenvalue weighted by Gasteiger charge is 2.35. The second kappa shape index (κ2) is 9.64. The topological polar surface area (TPSA) is 107 Å². The molecule has 1 saturated carbocycles. The molecule has 192 valence electrons. The van der Waals surface area contributed by atoms with Crippen LogP contribution in [0.25, 0.3) is 10.2 Å². The zero-order valence-electron chi connectivity index (χ0n) is 19.5. The van der Waals surface area contributed by atoms with Crippen molar-refractivity contribution in [2.75, 3.05) is 27.3 Å². The van der Waals surface area contributed by atoms with Gasteiger partial charge in [0.05, 0.1) is 31.6 Å². The number of halogens is 3. The molecule has 2 aromatic heterocycles. The fraction of sp³-hybridized carbons (Fsp3) is 0.619. The number of carbonyl (C=O) groups is 1. The molecule has 1 aliphatic heterocycles. The van der Waals surface area contributed by atoms with Crippen LogP contribution in [0.3, 0.4) is 0 Å². The predicted octanol–water partition coefficient (Wildman–Crippen LogP) is 2.36. The highest BCUT2D eigenvalue weighted by atomic mass is 32.1. The van der Waals surface area contributed by atoms with Crippen molar-refractivity contribution in [2.24, 2.45) is 4.99 Å². The molecule has 0 spiro atoms. The minimum atomic E-state index is -4.46. The lowest BCUT2D eigenvalue weighted by Gasteiger charge is -2.35. The zero-order valence-corrected chi connectivity index (χ0v) is 20.3. The van der Waals surface area contributed by atoms with E-state index >= 15 is 0 Å². The Morgan fingerprint density at radius 3 is 2.60 bits per heavy atom. The first-order valence-electron chi connectivity index (χ1n) is 11.1. The van der Waals surface area contributed by atoms with Crippen molar-refractivity contribution in [3.63, 3.8) is 0 Å². The van der Waals surface area contributed by atoms with Gasteiger partial charge in [0.2, 0.25) is 5.96 Å². The van der Waals surface area contributed by atoms with Crippen LogP contribution in [-0.2, 0) is 22.6 Å².